The molecule has 1 aromatic heterocycles. The van der Waals surface area contributed by atoms with Crippen LogP contribution >= 0.6 is 11.6 Å². The van der Waals surface area contributed by atoms with Crippen molar-refractivity contribution in [2.45, 2.75) is 6.10 Å². The number of ether oxygens (including phenoxy) is 1. The van der Waals surface area contributed by atoms with Gasteiger partial charge in [0, 0.05) is 40.6 Å². The van der Waals surface area contributed by atoms with Gasteiger partial charge in [0.15, 0.2) is 5.78 Å². The van der Waals surface area contributed by atoms with Gasteiger partial charge in [-0.05, 0) is 54.6 Å². The van der Waals surface area contributed by atoms with Crippen LogP contribution in [0.15, 0.2) is 72.9 Å². The summed E-state index contributed by atoms with van der Waals surface area (Å²) >= 11 is 5.87. The molecule has 1 atom stereocenters. The summed E-state index contributed by atoms with van der Waals surface area (Å²) in [5, 5.41) is 9.33. The van der Waals surface area contributed by atoms with Crippen molar-refractivity contribution in [1.29, 1.82) is 0 Å². The van der Waals surface area contributed by atoms with Crippen LogP contribution in [-0.2, 0) is 4.74 Å². The Kier molecular flexibility index (Phi) is 6.67. The third kappa shape index (κ3) is 5.46. The van der Waals surface area contributed by atoms with Crippen LogP contribution in [0.4, 0.5) is 16.2 Å². The first-order valence-electron chi connectivity index (χ1n) is 11.1. The number of amides is 2. The number of carbonyl (C=O) groups is 2. The lowest BCUT2D eigenvalue weighted by Crippen LogP contribution is -2.33. The minimum atomic E-state index is -0.425. The third-order valence-corrected chi connectivity index (χ3v) is 5.82. The van der Waals surface area contributed by atoms with Gasteiger partial charge in [0.25, 0.3) is 0 Å². The molecule has 9 heteroatoms. The van der Waals surface area contributed by atoms with Crippen molar-refractivity contribution in [2.75, 3.05) is 30.3 Å². The Morgan fingerprint density at radius 1 is 0.943 bits per heavy atom. The number of halogens is 1. The number of hydrogen-bond donors (Lipinski definition) is 3. The van der Waals surface area contributed by atoms with Crippen LogP contribution < -0.4 is 16.0 Å². The fourth-order valence-corrected chi connectivity index (χ4v) is 3.93. The molecule has 0 bridgehead atoms. The predicted octanol–water partition coefficient (Wildman–Crippen LogP) is 4.82. The number of benzene rings is 3. The van der Waals surface area contributed by atoms with Crippen molar-refractivity contribution >= 4 is 45.8 Å². The van der Waals surface area contributed by atoms with Crippen LogP contribution in [-0.4, -0.2) is 41.5 Å². The zero-order chi connectivity index (χ0) is 24.2. The number of nitrogens with zero attached hydrogens (tertiary/aromatic N) is 2. The molecule has 1 aliphatic rings. The van der Waals surface area contributed by atoms with Crippen molar-refractivity contribution in [1.82, 2.24) is 15.3 Å². The first-order valence-corrected chi connectivity index (χ1v) is 11.5. The second-order valence-electron chi connectivity index (χ2n) is 8.06. The number of anilines is 2. The molecule has 2 heterocycles. The van der Waals surface area contributed by atoms with E-state index in [-0.39, 0.29) is 11.9 Å². The summed E-state index contributed by atoms with van der Waals surface area (Å²) in [4.78, 5) is 34.6. The molecule has 8 nitrogen and oxygen atoms in total. The van der Waals surface area contributed by atoms with Gasteiger partial charge in [0.2, 0.25) is 0 Å². The van der Waals surface area contributed by atoms with Gasteiger partial charge in [-0.25, -0.2) is 9.78 Å². The van der Waals surface area contributed by atoms with E-state index in [4.69, 9.17) is 16.3 Å². The van der Waals surface area contributed by atoms with Crippen LogP contribution in [0.3, 0.4) is 0 Å². The van der Waals surface area contributed by atoms with Gasteiger partial charge < -0.3 is 20.7 Å². The first kappa shape index (κ1) is 22.9. The van der Waals surface area contributed by atoms with Gasteiger partial charge in [0.1, 0.15) is 6.10 Å². The molecule has 3 N–H and O–H groups in total. The van der Waals surface area contributed by atoms with Crippen LogP contribution in [0, 0.1) is 0 Å². The minimum absolute atomic E-state index is 0.130. The highest BCUT2D eigenvalue weighted by molar-refractivity contribution is 6.30. The van der Waals surface area contributed by atoms with Crippen LogP contribution in [0.5, 0.6) is 0 Å². The Labute approximate surface area is 206 Å². The number of ketones is 1. The topological polar surface area (TPSA) is 105 Å². The second kappa shape index (κ2) is 10.2. The Balaban J connectivity index is 1.30. The number of morpholine rings is 1. The zero-order valence-corrected chi connectivity index (χ0v) is 19.4. The molecular weight excluding hydrogens is 466 g/mol. The second-order valence-corrected chi connectivity index (χ2v) is 8.49. The molecule has 2 amide bonds. The summed E-state index contributed by atoms with van der Waals surface area (Å²) < 4.78 is 5.75. The summed E-state index contributed by atoms with van der Waals surface area (Å²) in [5.41, 5.74) is 4.11. The monoisotopic (exact) mass is 487 g/mol. The number of nitrogens with one attached hydrogen (secondary N) is 3. The van der Waals surface area contributed by atoms with Crippen molar-refractivity contribution in [3.63, 3.8) is 0 Å². The van der Waals surface area contributed by atoms with E-state index in [0.717, 1.165) is 12.2 Å². The number of fused-ring (bicyclic) bond motifs is 1. The molecule has 0 radical (unpaired) electrons. The Morgan fingerprint density at radius 3 is 2.54 bits per heavy atom. The van der Waals surface area contributed by atoms with Gasteiger partial charge >= 0.3 is 6.03 Å². The molecule has 5 rings (SSSR count). The van der Waals surface area contributed by atoms with E-state index in [1.165, 1.54) is 0 Å². The van der Waals surface area contributed by atoms with Crippen molar-refractivity contribution in [3.05, 3.63) is 94.8 Å². The molecule has 176 valence electrons. The minimum Gasteiger partial charge on any atom is -0.369 e. The standard InChI is InChI=1S/C26H22ClN5O3/c27-18-5-7-19(8-6-18)30-26(34)31-20-3-1-2-16(12-20)25(33)17-4-9-21-22(13-17)29-14-23(32-21)24-15-28-10-11-35-24/h1-9,12-14,24,28H,10-11,15H2,(H2,30,31,34). The average molecular weight is 488 g/mol. The molecular formula is C26H22ClN5O3. The lowest BCUT2D eigenvalue weighted by Gasteiger charge is -2.22. The van der Waals surface area contributed by atoms with Crippen molar-refractivity contribution < 1.29 is 14.3 Å². The fraction of sp³-hybridized carbons (Fsp3) is 0.154. The molecule has 0 spiro atoms. The van der Waals surface area contributed by atoms with E-state index in [1.807, 2.05) is 0 Å². The highest BCUT2D eigenvalue weighted by atomic mass is 35.5. The smallest absolute Gasteiger partial charge is 0.323 e. The van der Waals surface area contributed by atoms with Gasteiger partial charge in [-0.15, -0.1) is 0 Å². The number of aromatic nitrogens is 2. The van der Waals surface area contributed by atoms with Gasteiger partial charge in [0.05, 0.1) is 29.5 Å². The summed E-state index contributed by atoms with van der Waals surface area (Å²) in [7, 11) is 0. The van der Waals surface area contributed by atoms with Gasteiger partial charge in [-0.2, -0.15) is 0 Å². The maximum atomic E-state index is 13.1. The fourth-order valence-electron chi connectivity index (χ4n) is 3.81. The van der Waals surface area contributed by atoms with Gasteiger partial charge in [-0.1, -0.05) is 23.7 Å². The molecule has 1 unspecified atom stereocenters. The van der Waals surface area contributed by atoms with Crippen LogP contribution in [0.25, 0.3) is 11.0 Å². The molecule has 0 aliphatic carbocycles. The zero-order valence-electron chi connectivity index (χ0n) is 18.6. The number of hydrogen-bond acceptors (Lipinski definition) is 6. The molecule has 1 aliphatic heterocycles. The van der Waals surface area contributed by atoms with Gasteiger partial charge in [-0.3, -0.25) is 9.78 Å². The highest BCUT2D eigenvalue weighted by Crippen LogP contribution is 2.22. The van der Waals surface area contributed by atoms with Crippen molar-refractivity contribution in [2.24, 2.45) is 0 Å². The third-order valence-electron chi connectivity index (χ3n) is 5.57. The van der Waals surface area contributed by atoms with E-state index in [9.17, 15) is 9.59 Å². The molecule has 1 fully saturated rings. The Bertz CT molecular complexity index is 1390. The first-order chi connectivity index (χ1) is 17.0. The quantitative estimate of drug-likeness (QED) is 0.348. The largest absolute Gasteiger partial charge is 0.369 e. The highest BCUT2D eigenvalue weighted by Gasteiger charge is 2.18. The number of rotatable bonds is 5. The summed E-state index contributed by atoms with van der Waals surface area (Å²) in [6, 6.07) is 18.4. The summed E-state index contributed by atoms with van der Waals surface area (Å²) in [6.07, 6.45) is 1.56. The molecule has 1 saturated heterocycles. The lowest BCUT2D eigenvalue weighted by molar-refractivity contribution is 0.0250. The maximum Gasteiger partial charge on any atom is 0.323 e. The van der Waals surface area contributed by atoms with E-state index in [2.05, 4.69) is 25.9 Å². The predicted molar refractivity (Wildman–Crippen MR) is 135 cm³/mol. The van der Waals surface area contributed by atoms with Crippen LogP contribution in [0.2, 0.25) is 5.02 Å². The van der Waals surface area contributed by atoms with E-state index < -0.39 is 6.03 Å². The van der Waals surface area contributed by atoms with E-state index in [0.29, 0.717) is 51.7 Å². The number of carbonyl (C=O) groups excluding carboxylic acids is 2. The summed E-state index contributed by atoms with van der Waals surface area (Å²) in [5.74, 6) is -0.181. The lowest BCUT2D eigenvalue weighted by atomic mass is 10.0. The van der Waals surface area contributed by atoms with Crippen LogP contribution in [0.1, 0.15) is 27.7 Å². The Morgan fingerprint density at radius 2 is 1.74 bits per heavy atom. The maximum absolute atomic E-state index is 13.1. The molecule has 35 heavy (non-hydrogen) atoms. The summed E-state index contributed by atoms with van der Waals surface area (Å²) in [6.45, 7) is 2.15. The van der Waals surface area contributed by atoms with E-state index in [1.54, 1.807) is 72.9 Å². The SMILES string of the molecule is O=C(Nc1ccc(Cl)cc1)Nc1cccc(C(=O)c2ccc3nc(C4CNCCO4)cnc3c2)c1. The molecule has 4 aromatic rings. The Hall–Kier alpha value is -3.85. The molecule has 0 saturated carbocycles. The average Bonchev–Trinajstić information content (AvgIpc) is 2.89. The van der Waals surface area contributed by atoms with Crippen molar-refractivity contribution in [3.8, 4) is 0 Å². The normalized spacial score (nSPS) is 15.5. The van der Waals surface area contributed by atoms with E-state index >= 15 is 0 Å². The molecule has 3 aromatic carbocycles. The number of urea groups is 1.